The molecule has 0 saturated carbocycles. The van der Waals surface area contributed by atoms with Crippen LogP contribution in [0, 0.1) is 0 Å². The van der Waals surface area contributed by atoms with Crippen LogP contribution in [-0.2, 0) is 16.0 Å². The molecule has 2 heterocycles. The molecule has 3 amide bonds. The van der Waals surface area contributed by atoms with Crippen molar-refractivity contribution < 1.29 is 14.4 Å². The summed E-state index contributed by atoms with van der Waals surface area (Å²) < 4.78 is 0. The van der Waals surface area contributed by atoms with Gasteiger partial charge in [0.25, 0.3) is 0 Å². The highest BCUT2D eigenvalue weighted by Gasteiger charge is 2.26. The predicted molar refractivity (Wildman–Crippen MR) is 115 cm³/mol. The van der Waals surface area contributed by atoms with E-state index >= 15 is 0 Å². The molecule has 1 fully saturated rings. The van der Waals surface area contributed by atoms with Gasteiger partial charge in [0.15, 0.2) is 5.12 Å². The lowest BCUT2D eigenvalue weighted by molar-refractivity contribution is -0.134. The Bertz CT molecular complexity index is 680. The number of thioether (sulfide) groups is 1. The molecule has 2 rings (SSSR count). The van der Waals surface area contributed by atoms with E-state index < -0.39 is 6.04 Å². The molecular formula is C20H31N5O3S. The zero-order valence-electron chi connectivity index (χ0n) is 17.5. The third-order valence-electron chi connectivity index (χ3n) is 4.84. The molecule has 8 nitrogen and oxygen atoms in total. The number of nitrogens with zero attached hydrogens (tertiary/aromatic N) is 4. The van der Waals surface area contributed by atoms with Crippen LogP contribution >= 0.6 is 11.8 Å². The summed E-state index contributed by atoms with van der Waals surface area (Å²) in [5.41, 5.74) is 0.895. The molecular weight excluding hydrogens is 390 g/mol. The second-order valence-electron chi connectivity index (χ2n) is 7.20. The fraction of sp³-hybridized carbons (Fsp3) is 0.600. The first-order chi connectivity index (χ1) is 13.9. The average Bonchev–Trinajstić information content (AvgIpc) is 2.71. The average molecular weight is 422 g/mol. The summed E-state index contributed by atoms with van der Waals surface area (Å²) >= 11 is 1.19. The van der Waals surface area contributed by atoms with Crippen molar-refractivity contribution in [2.24, 2.45) is 0 Å². The van der Waals surface area contributed by atoms with Gasteiger partial charge in [-0.05, 0) is 26.1 Å². The molecule has 1 saturated heterocycles. The minimum Gasteiger partial charge on any atom is -0.338 e. The first-order valence-electron chi connectivity index (χ1n) is 9.93. The number of carbonyl (C=O) groups is 3. The molecule has 0 radical (unpaired) electrons. The van der Waals surface area contributed by atoms with E-state index in [1.54, 1.807) is 22.9 Å². The lowest BCUT2D eigenvalue weighted by atomic mass is 10.2. The lowest BCUT2D eigenvalue weighted by Crippen LogP contribution is -2.55. The number of nitrogens with one attached hydrogen (secondary N) is 1. The molecule has 1 aliphatic heterocycles. The predicted octanol–water partition coefficient (Wildman–Crippen LogP) is 1.08. The van der Waals surface area contributed by atoms with Gasteiger partial charge < -0.3 is 20.0 Å². The maximum atomic E-state index is 12.8. The van der Waals surface area contributed by atoms with Crippen molar-refractivity contribution in [2.45, 2.75) is 26.3 Å². The largest absolute Gasteiger partial charge is 0.338 e. The van der Waals surface area contributed by atoms with E-state index in [1.165, 1.54) is 18.7 Å². The van der Waals surface area contributed by atoms with Crippen molar-refractivity contribution in [1.29, 1.82) is 0 Å². The normalized spacial score (nSPS) is 15.6. The Labute approximate surface area is 177 Å². The molecule has 9 heteroatoms. The standard InChI is InChI=1S/C20H31N5O3S/c1-16(19(27)24-12-10-23(3)11-13-24)22-20(28)25(14-15-29-17(2)26)9-7-18-6-4-5-8-21-18/h4-6,8,16H,7,9-15H2,1-3H3,(H,22,28)/t16-/m0/s1. The Morgan fingerprint density at radius 3 is 2.55 bits per heavy atom. The first kappa shape index (κ1) is 23.2. The Balaban J connectivity index is 1.91. The van der Waals surface area contributed by atoms with Gasteiger partial charge in [-0.3, -0.25) is 14.6 Å². The molecule has 160 valence electrons. The maximum Gasteiger partial charge on any atom is 0.318 e. The van der Waals surface area contributed by atoms with Gasteiger partial charge in [0, 0.05) is 70.3 Å². The van der Waals surface area contributed by atoms with Gasteiger partial charge in [0.05, 0.1) is 0 Å². The number of likely N-dealkylation sites (N-methyl/N-ethyl adjacent to an activating group) is 1. The minimum atomic E-state index is -0.594. The minimum absolute atomic E-state index is 0.0219. The summed E-state index contributed by atoms with van der Waals surface area (Å²) in [7, 11) is 2.03. The Kier molecular flexibility index (Phi) is 9.40. The summed E-state index contributed by atoms with van der Waals surface area (Å²) in [6, 6.07) is 4.79. The Morgan fingerprint density at radius 2 is 1.93 bits per heavy atom. The highest BCUT2D eigenvalue weighted by atomic mass is 32.2. The van der Waals surface area contributed by atoms with Crippen molar-refractivity contribution >= 4 is 28.8 Å². The van der Waals surface area contributed by atoms with Crippen molar-refractivity contribution in [3.8, 4) is 0 Å². The number of hydrogen-bond donors (Lipinski definition) is 1. The van der Waals surface area contributed by atoms with Crippen LogP contribution in [0.15, 0.2) is 24.4 Å². The van der Waals surface area contributed by atoms with Gasteiger partial charge in [0.1, 0.15) is 6.04 Å². The van der Waals surface area contributed by atoms with Crippen molar-refractivity contribution in [2.75, 3.05) is 52.1 Å². The molecule has 1 aromatic rings. The Morgan fingerprint density at radius 1 is 1.21 bits per heavy atom. The topological polar surface area (TPSA) is 85.8 Å². The molecule has 29 heavy (non-hydrogen) atoms. The van der Waals surface area contributed by atoms with Crippen molar-refractivity contribution in [3.05, 3.63) is 30.1 Å². The second kappa shape index (κ2) is 11.8. The number of carbonyl (C=O) groups excluding carboxylic acids is 3. The monoisotopic (exact) mass is 421 g/mol. The van der Waals surface area contributed by atoms with E-state index in [0.717, 1.165) is 18.8 Å². The fourth-order valence-corrected chi connectivity index (χ4v) is 3.65. The quantitative estimate of drug-likeness (QED) is 0.676. The highest BCUT2D eigenvalue weighted by molar-refractivity contribution is 8.13. The smallest absolute Gasteiger partial charge is 0.318 e. The number of pyridine rings is 1. The highest BCUT2D eigenvalue weighted by Crippen LogP contribution is 2.06. The van der Waals surface area contributed by atoms with E-state index in [-0.39, 0.29) is 17.1 Å². The van der Waals surface area contributed by atoms with Crippen LogP contribution in [-0.4, -0.2) is 94.8 Å². The van der Waals surface area contributed by atoms with Crippen LogP contribution in [0.5, 0.6) is 0 Å². The molecule has 1 aromatic heterocycles. The van der Waals surface area contributed by atoms with E-state index in [2.05, 4.69) is 15.2 Å². The second-order valence-corrected chi connectivity index (χ2v) is 8.47. The third-order valence-corrected chi connectivity index (χ3v) is 5.64. The zero-order chi connectivity index (χ0) is 21.2. The fourth-order valence-electron chi connectivity index (χ4n) is 3.05. The number of aromatic nitrogens is 1. The van der Waals surface area contributed by atoms with Crippen LogP contribution in [0.2, 0.25) is 0 Å². The van der Waals surface area contributed by atoms with Crippen LogP contribution in [0.3, 0.4) is 0 Å². The SMILES string of the molecule is CC(=O)SCCN(CCc1ccccn1)C(=O)N[C@@H](C)C(=O)N1CCN(C)CC1. The molecule has 0 spiro atoms. The zero-order valence-corrected chi connectivity index (χ0v) is 18.3. The summed E-state index contributed by atoms with van der Waals surface area (Å²) in [6.45, 7) is 7.16. The van der Waals surface area contributed by atoms with Crippen LogP contribution in [0.25, 0.3) is 0 Å². The number of rotatable bonds is 8. The Hall–Kier alpha value is -2.13. The van der Waals surface area contributed by atoms with Gasteiger partial charge in [-0.1, -0.05) is 17.8 Å². The van der Waals surface area contributed by atoms with E-state index in [0.29, 0.717) is 38.4 Å². The summed E-state index contributed by atoms with van der Waals surface area (Å²) in [5, 5.41) is 2.85. The van der Waals surface area contributed by atoms with Gasteiger partial charge in [-0.25, -0.2) is 4.79 Å². The lowest BCUT2D eigenvalue weighted by Gasteiger charge is -2.34. The van der Waals surface area contributed by atoms with Crippen molar-refractivity contribution in [3.63, 3.8) is 0 Å². The molecule has 0 bridgehead atoms. The molecule has 0 aromatic carbocycles. The summed E-state index contributed by atoms with van der Waals surface area (Å²) in [4.78, 5) is 46.6. The van der Waals surface area contributed by atoms with E-state index in [1.807, 2.05) is 25.2 Å². The van der Waals surface area contributed by atoms with Gasteiger partial charge >= 0.3 is 6.03 Å². The molecule has 0 unspecified atom stereocenters. The molecule has 1 atom stereocenters. The van der Waals surface area contributed by atoms with Gasteiger partial charge in [-0.15, -0.1) is 0 Å². The number of piperazine rings is 1. The van der Waals surface area contributed by atoms with Gasteiger partial charge in [0.2, 0.25) is 5.91 Å². The van der Waals surface area contributed by atoms with Crippen LogP contribution in [0.1, 0.15) is 19.5 Å². The molecule has 0 aliphatic carbocycles. The van der Waals surface area contributed by atoms with Crippen LogP contribution < -0.4 is 5.32 Å². The van der Waals surface area contributed by atoms with Crippen LogP contribution in [0.4, 0.5) is 4.79 Å². The molecule has 1 N–H and O–H groups in total. The number of hydrogen-bond acceptors (Lipinski definition) is 6. The summed E-state index contributed by atoms with van der Waals surface area (Å²) in [6.07, 6.45) is 2.34. The van der Waals surface area contributed by atoms with E-state index in [4.69, 9.17) is 0 Å². The maximum absolute atomic E-state index is 12.8. The van der Waals surface area contributed by atoms with Gasteiger partial charge in [-0.2, -0.15) is 0 Å². The molecule has 1 aliphatic rings. The van der Waals surface area contributed by atoms with Crippen molar-refractivity contribution in [1.82, 2.24) is 25.0 Å². The first-order valence-corrected chi connectivity index (χ1v) is 10.9. The summed E-state index contributed by atoms with van der Waals surface area (Å²) in [5.74, 6) is 0.459. The number of amides is 3. The number of urea groups is 1. The third kappa shape index (κ3) is 8.02. The van der Waals surface area contributed by atoms with E-state index in [9.17, 15) is 14.4 Å².